The smallest absolute Gasteiger partial charge is 0.147 e. The predicted octanol–water partition coefficient (Wildman–Crippen LogP) is 2.99. The Kier molecular flexibility index (Phi) is 4.06. The standard InChI is InChI=1S/C16H16ClN3O2/c1-10-9-20(3-4-22-10)16-12(8-18)5-11-6-15(21-2)13(17)7-14(11)19-16/h5-7,10H,3-4,9H2,1-2H3/t10-/m1/s1. The molecule has 1 aromatic carbocycles. The highest BCUT2D eigenvalue weighted by Crippen LogP contribution is 2.32. The number of anilines is 1. The van der Waals surface area contributed by atoms with Crippen LogP contribution in [-0.4, -0.2) is 37.9 Å². The molecule has 3 rings (SSSR count). The van der Waals surface area contributed by atoms with E-state index in [-0.39, 0.29) is 6.10 Å². The van der Waals surface area contributed by atoms with Crippen molar-refractivity contribution < 1.29 is 9.47 Å². The molecule has 2 heterocycles. The number of pyridine rings is 1. The monoisotopic (exact) mass is 317 g/mol. The molecule has 2 aromatic rings. The van der Waals surface area contributed by atoms with Crippen molar-refractivity contribution in [3.63, 3.8) is 0 Å². The van der Waals surface area contributed by atoms with Crippen LogP contribution in [0.25, 0.3) is 10.9 Å². The minimum Gasteiger partial charge on any atom is -0.495 e. The maximum absolute atomic E-state index is 9.45. The lowest BCUT2D eigenvalue weighted by Crippen LogP contribution is -2.41. The lowest BCUT2D eigenvalue weighted by Gasteiger charge is -2.32. The summed E-state index contributed by atoms with van der Waals surface area (Å²) in [7, 11) is 1.56. The first-order chi connectivity index (χ1) is 10.6. The van der Waals surface area contributed by atoms with E-state index >= 15 is 0 Å². The van der Waals surface area contributed by atoms with Crippen LogP contribution in [0.15, 0.2) is 18.2 Å². The Labute approximate surface area is 134 Å². The average molecular weight is 318 g/mol. The molecule has 1 saturated heterocycles. The van der Waals surface area contributed by atoms with E-state index in [9.17, 15) is 5.26 Å². The molecule has 0 bridgehead atoms. The zero-order valence-corrected chi connectivity index (χ0v) is 13.2. The molecule has 1 aliphatic heterocycles. The zero-order valence-electron chi connectivity index (χ0n) is 12.5. The number of methoxy groups -OCH3 is 1. The minimum atomic E-state index is 0.122. The van der Waals surface area contributed by atoms with E-state index in [0.29, 0.717) is 28.8 Å². The zero-order chi connectivity index (χ0) is 15.7. The highest BCUT2D eigenvalue weighted by Gasteiger charge is 2.21. The van der Waals surface area contributed by atoms with E-state index < -0.39 is 0 Å². The van der Waals surface area contributed by atoms with Gasteiger partial charge in [0.15, 0.2) is 0 Å². The van der Waals surface area contributed by atoms with Crippen molar-refractivity contribution in [1.29, 1.82) is 5.26 Å². The second-order valence-corrected chi connectivity index (χ2v) is 5.69. The lowest BCUT2D eigenvalue weighted by atomic mass is 10.1. The molecule has 1 aliphatic rings. The Morgan fingerprint density at radius 2 is 2.27 bits per heavy atom. The first kappa shape index (κ1) is 14.9. The SMILES string of the molecule is COc1cc2cc(C#N)c(N3CCO[C@H](C)C3)nc2cc1Cl. The van der Waals surface area contributed by atoms with Crippen LogP contribution in [0.4, 0.5) is 5.82 Å². The highest BCUT2D eigenvalue weighted by atomic mass is 35.5. The van der Waals surface area contributed by atoms with Gasteiger partial charge in [-0.15, -0.1) is 0 Å². The summed E-state index contributed by atoms with van der Waals surface area (Å²) in [5.41, 5.74) is 1.30. The van der Waals surface area contributed by atoms with Crippen LogP contribution in [0.1, 0.15) is 12.5 Å². The number of nitrogens with zero attached hydrogens (tertiary/aromatic N) is 3. The van der Waals surface area contributed by atoms with Gasteiger partial charge in [-0.3, -0.25) is 0 Å². The molecule has 0 radical (unpaired) electrons. The molecule has 1 atom stereocenters. The number of nitriles is 1. The van der Waals surface area contributed by atoms with Gasteiger partial charge < -0.3 is 14.4 Å². The molecule has 0 amide bonds. The summed E-state index contributed by atoms with van der Waals surface area (Å²) < 4.78 is 10.8. The second kappa shape index (κ2) is 5.99. The summed E-state index contributed by atoms with van der Waals surface area (Å²) in [4.78, 5) is 6.74. The largest absolute Gasteiger partial charge is 0.495 e. The predicted molar refractivity (Wildman–Crippen MR) is 85.6 cm³/mol. The van der Waals surface area contributed by atoms with Crippen molar-refractivity contribution >= 4 is 28.3 Å². The van der Waals surface area contributed by atoms with Gasteiger partial charge in [0.1, 0.15) is 17.6 Å². The van der Waals surface area contributed by atoms with Crippen LogP contribution in [0, 0.1) is 11.3 Å². The van der Waals surface area contributed by atoms with E-state index in [1.54, 1.807) is 19.2 Å². The maximum atomic E-state index is 9.45. The molecule has 1 fully saturated rings. The highest BCUT2D eigenvalue weighted by molar-refractivity contribution is 6.32. The number of hydrogen-bond donors (Lipinski definition) is 0. The van der Waals surface area contributed by atoms with Crippen molar-refractivity contribution in [2.75, 3.05) is 31.7 Å². The molecule has 5 nitrogen and oxygen atoms in total. The Morgan fingerprint density at radius 3 is 2.95 bits per heavy atom. The van der Waals surface area contributed by atoms with E-state index in [2.05, 4.69) is 16.0 Å². The van der Waals surface area contributed by atoms with Crippen molar-refractivity contribution in [3.05, 3.63) is 28.8 Å². The Hall–Kier alpha value is -2.03. The van der Waals surface area contributed by atoms with Crippen LogP contribution in [0.3, 0.4) is 0 Å². The van der Waals surface area contributed by atoms with Gasteiger partial charge in [-0.2, -0.15) is 5.26 Å². The van der Waals surface area contributed by atoms with E-state index in [1.807, 2.05) is 13.0 Å². The van der Waals surface area contributed by atoms with Crippen molar-refractivity contribution in [2.45, 2.75) is 13.0 Å². The van der Waals surface area contributed by atoms with Gasteiger partial charge in [0.05, 0.1) is 35.9 Å². The molecule has 114 valence electrons. The van der Waals surface area contributed by atoms with E-state index in [1.165, 1.54) is 0 Å². The number of rotatable bonds is 2. The van der Waals surface area contributed by atoms with Crippen LogP contribution in [0.5, 0.6) is 5.75 Å². The number of aromatic nitrogens is 1. The minimum absolute atomic E-state index is 0.122. The van der Waals surface area contributed by atoms with Crippen LogP contribution in [0.2, 0.25) is 5.02 Å². The lowest BCUT2D eigenvalue weighted by molar-refractivity contribution is 0.0529. The summed E-state index contributed by atoms with van der Waals surface area (Å²) in [6, 6.07) is 7.63. The third-order valence-electron chi connectivity index (χ3n) is 3.73. The summed E-state index contributed by atoms with van der Waals surface area (Å²) in [6.07, 6.45) is 0.122. The molecule has 1 aromatic heterocycles. The average Bonchev–Trinajstić information content (AvgIpc) is 2.53. The first-order valence-electron chi connectivity index (χ1n) is 7.07. The van der Waals surface area contributed by atoms with Crippen molar-refractivity contribution in [1.82, 2.24) is 4.98 Å². The van der Waals surface area contributed by atoms with Crippen LogP contribution >= 0.6 is 11.6 Å². The van der Waals surface area contributed by atoms with Crippen LogP contribution < -0.4 is 9.64 Å². The quantitative estimate of drug-likeness (QED) is 0.852. The fraction of sp³-hybridized carbons (Fsp3) is 0.375. The molecule has 0 unspecified atom stereocenters. The van der Waals surface area contributed by atoms with Crippen LogP contribution in [-0.2, 0) is 4.74 Å². The number of ether oxygens (including phenoxy) is 2. The summed E-state index contributed by atoms with van der Waals surface area (Å²) in [6.45, 7) is 4.09. The van der Waals surface area contributed by atoms with Gasteiger partial charge in [0.2, 0.25) is 0 Å². The normalized spacial score (nSPS) is 18.3. The fourth-order valence-corrected chi connectivity index (χ4v) is 2.89. The second-order valence-electron chi connectivity index (χ2n) is 5.28. The van der Waals surface area contributed by atoms with E-state index in [4.69, 9.17) is 21.1 Å². The molecule has 0 aliphatic carbocycles. The van der Waals surface area contributed by atoms with Gasteiger partial charge in [0, 0.05) is 18.5 Å². The van der Waals surface area contributed by atoms with Gasteiger partial charge in [-0.05, 0) is 25.1 Å². The maximum Gasteiger partial charge on any atom is 0.147 e. The number of benzene rings is 1. The topological polar surface area (TPSA) is 58.4 Å². The number of hydrogen-bond acceptors (Lipinski definition) is 5. The molecular weight excluding hydrogens is 302 g/mol. The first-order valence-corrected chi connectivity index (χ1v) is 7.45. The third-order valence-corrected chi connectivity index (χ3v) is 4.02. The van der Waals surface area contributed by atoms with Gasteiger partial charge in [0.25, 0.3) is 0 Å². The molecule has 0 N–H and O–H groups in total. The number of fused-ring (bicyclic) bond motifs is 1. The summed E-state index contributed by atoms with van der Waals surface area (Å²) in [5.74, 6) is 1.26. The Bertz CT molecular complexity index is 757. The molecule has 6 heteroatoms. The molecule has 22 heavy (non-hydrogen) atoms. The molecule has 0 saturated carbocycles. The Balaban J connectivity index is 2.12. The summed E-state index contributed by atoms with van der Waals surface area (Å²) in [5, 5.41) is 10.8. The van der Waals surface area contributed by atoms with Gasteiger partial charge >= 0.3 is 0 Å². The number of morpholine rings is 1. The van der Waals surface area contributed by atoms with Crippen molar-refractivity contribution in [2.24, 2.45) is 0 Å². The van der Waals surface area contributed by atoms with E-state index in [0.717, 1.165) is 24.0 Å². The third kappa shape index (κ3) is 2.68. The molecular formula is C16H16ClN3O2. The Morgan fingerprint density at radius 1 is 1.45 bits per heavy atom. The van der Waals surface area contributed by atoms with Gasteiger partial charge in [-0.25, -0.2) is 4.98 Å². The van der Waals surface area contributed by atoms with Crippen molar-refractivity contribution in [3.8, 4) is 11.8 Å². The fourth-order valence-electron chi connectivity index (χ4n) is 2.66. The molecule has 0 spiro atoms. The van der Waals surface area contributed by atoms with Gasteiger partial charge in [-0.1, -0.05) is 11.6 Å². The number of halogens is 1. The summed E-state index contributed by atoms with van der Waals surface area (Å²) >= 11 is 6.17.